The molecule has 0 saturated heterocycles. The van der Waals surface area contributed by atoms with Gasteiger partial charge < -0.3 is 9.47 Å². The summed E-state index contributed by atoms with van der Waals surface area (Å²) in [6.07, 6.45) is 6.69. The van der Waals surface area contributed by atoms with Crippen molar-refractivity contribution in [3.63, 3.8) is 0 Å². The third kappa shape index (κ3) is 7.62. The molecule has 25 heavy (non-hydrogen) atoms. The second kappa shape index (κ2) is 11.3. The molecule has 0 aromatic rings. The standard InChI is InChI=1S/C21H36O4/c1-6-10-18(20(22)24-13-15(2)3)19(17-11-8-7-9-12-17)21(23)25-14-16(4)5/h15-17H,6-14H2,1-5H3/b19-18-. The SMILES string of the molecule is CCC/C(C(=O)OCC(C)C)=C(/C(=O)OCC(C)C)C1CCCCC1. The summed E-state index contributed by atoms with van der Waals surface area (Å²) in [6.45, 7) is 10.8. The highest BCUT2D eigenvalue weighted by atomic mass is 16.5. The molecule has 0 aromatic carbocycles. The average Bonchev–Trinajstić information content (AvgIpc) is 2.58. The Bertz CT molecular complexity index is 457. The van der Waals surface area contributed by atoms with Crippen molar-refractivity contribution in [1.29, 1.82) is 0 Å². The summed E-state index contributed by atoms with van der Waals surface area (Å²) in [5.74, 6) is 0.0293. The highest BCUT2D eigenvalue weighted by Gasteiger charge is 2.30. The molecular weight excluding hydrogens is 316 g/mol. The second-order valence-electron chi connectivity index (χ2n) is 7.96. The summed E-state index contributed by atoms with van der Waals surface area (Å²) in [5, 5.41) is 0. The molecule has 0 atom stereocenters. The van der Waals surface area contributed by atoms with Crippen LogP contribution >= 0.6 is 0 Å². The first-order valence-corrected chi connectivity index (χ1v) is 9.94. The lowest BCUT2D eigenvalue weighted by atomic mass is 9.81. The van der Waals surface area contributed by atoms with Crippen molar-refractivity contribution in [3.8, 4) is 0 Å². The van der Waals surface area contributed by atoms with Crippen LogP contribution < -0.4 is 0 Å². The fourth-order valence-corrected chi connectivity index (χ4v) is 3.17. The van der Waals surface area contributed by atoms with E-state index >= 15 is 0 Å². The highest BCUT2D eigenvalue weighted by molar-refractivity contribution is 6.00. The molecule has 1 aliphatic carbocycles. The molecule has 1 saturated carbocycles. The van der Waals surface area contributed by atoms with Crippen molar-refractivity contribution in [3.05, 3.63) is 11.1 Å². The summed E-state index contributed by atoms with van der Waals surface area (Å²) >= 11 is 0. The molecule has 0 aliphatic heterocycles. The van der Waals surface area contributed by atoms with Crippen LogP contribution in [-0.4, -0.2) is 25.2 Å². The number of rotatable bonds is 9. The van der Waals surface area contributed by atoms with Crippen LogP contribution in [-0.2, 0) is 19.1 Å². The van der Waals surface area contributed by atoms with Crippen LogP contribution in [0.1, 0.15) is 79.6 Å². The minimum atomic E-state index is -0.336. The monoisotopic (exact) mass is 352 g/mol. The Hall–Kier alpha value is -1.32. The van der Waals surface area contributed by atoms with E-state index < -0.39 is 0 Å². The summed E-state index contributed by atoms with van der Waals surface area (Å²) in [5.41, 5.74) is 1.14. The van der Waals surface area contributed by atoms with Gasteiger partial charge in [0.2, 0.25) is 0 Å². The zero-order chi connectivity index (χ0) is 18.8. The maximum atomic E-state index is 12.8. The number of carbonyl (C=O) groups is 2. The lowest BCUT2D eigenvalue weighted by molar-refractivity contribution is -0.144. The fourth-order valence-electron chi connectivity index (χ4n) is 3.17. The third-order valence-electron chi connectivity index (χ3n) is 4.40. The second-order valence-corrected chi connectivity index (χ2v) is 7.96. The molecule has 0 unspecified atom stereocenters. The van der Waals surface area contributed by atoms with Crippen LogP contribution in [0.15, 0.2) is 11.1 Å². The van der Waals surface area contributed by atoms with Crippen LogP contribution in [0.25, 0.3) is 0 Å². The molecule has 0 bridgehead atoms. The zero-order valence-corrected chi connectivity index (χ0v) is 16.7. The van der Waals surface area contributed by atoms with Crippen LogP contribution in [0, 0.1) is 17.8 Å². The first-order valence-electron chi connectivity index (χ1n) is 9.94. The van der Waals surface area contributed by atoms with Gasteiger partial charge in [0.05, 0.1) is 18.8 Å². The van der Waals surface area contributed by atoms with Gasteiger partial charge in [-0.1, -0.05) is 60.3 Å². The molecule has 0 spiro atoms. The van der Waals surface area contributed by atoms with E-state index in [1.54, 1.807) is 0 Å². The Labute approximate surface area is 153 Å². The van der Waals surface area contributed by atoms with Gasteiger partial charge in [-0.15, -0.1) is 0 Å². The van der Waals surface area contributed by atoms with E-state index in [9.17, 15) is 9.59 Å². The Balaban J connectivity index is 3.11. The first-order chi connectivity index (χ1) is 11.9. The van der Waals surface area contributed by atoms with Gasteiger partial charge in [-0.2, -0.15) is 0 Å². The molecule has 0 radical (unpaired) electrons. The van der Waals surface area contributed by atoms with Gasteiger partial charge in [-0.25, -0.2) is 9.59 Å². The van der Waals surface area contributed by atoms with E-state index in [1.807, 2.05) is 34.6 Å². The molecule has 4 heteroatoms. The topological polar surface area (TPSA) is 52.6 Å². The van der Waals surface area contributed by atoms with E-state index in [2.05, 4.69) is 0 Å². The third-order valence-corrected chi connectivity index (χ3v) is 4.40. The summed E-state index contributed by atoms with van der Waals surface area (Å²) in [4.78, 5) is 25.5. The van der Waals surface area contributed by atoms with Crippen molar-refractivity contribution in [1.82, 2.24) is 0 Å². The number of ether oxygens (including phenoxy) is 2. The largest absolute Gasteiger partial charge is 0.462 e. The molecule has 1 rings (SSSR count). The summed E-state index contributed by atoms with van der Waals surface area (Å²) in [6, 6.07) is 0. The Kier molecular flexibility index (Phi) is 9.84. The van der Waals surface area contributed by atoms with Gasteiger partial charge in [0, 0.05) is 5.57 Å². The lowest BCUT2D eigenvalue weighted by Crippen LogP contribution is -2.25. The van der Waals surface area contributed by atoms with Gasteiger partial charge in [0.15, 0.2) is 0 Å². The molecule has 0 heterocycles. The summed E-state index contributed by atoms with van der Waals surface area (Å²) < 4.78 is 11.0. The van der Waals surface area contributed by atoms with E-state index in [4.69, 9.17) is 9.47 Å². The van der Waals surface area contributed by atoms with Crippen LogP contribution in [0.4, 0.5) is 0 Å². The molecule has 0 amide bonds. The van der Waals surface area contributed by atoms with Gasteiger partial charge in [-0.05, 0) is 37.0 Å². The molecule has 144 valence electrons. The zero-order valence-electron chi connectivity index (χ0n) is 16.7. The minimum absolute atomic E-state index is 0.126. The maximum absolute atomic E-state index is 12.8. The number of hydrogen-bond acceptors (Lipinski definition) is 4. The van der Waals surface area contributed by atoms with Gasteiger partial charge in [0.1, 0.15) is 0 Å². The number of carbonyl (C=O) groups excluding carboxylic acids is 2. The van der Waals surface area contributed by atoms with E-state index in [0.29, 0.717) is 30.8 Å². The van der Waals surface area contributed by atoms with E-state index in [1.165, 1.54) is 6.42 Å². The number of esters is 2. The molecule has 0 N–H and O–H groups in total. The van der Waals surface area contributed by atoms with Crippen molar-refractivity contribution < 1.29 is 19.1 Å². The van der Waals surface area contributed by atoms with Crippen molar-refractivity contribution >= 4 is 11.9 Å². The van der Waals surface area contributed by atoms with Crippen LogP contribution in [0.5, 0.6) is 0 Å². The predicted octanol–water partition coefficient (Wildman–Crippen LogP) is 5.06. The molecular formula is C21H36O4. The molecule has 1 fully saturated rings. The highest BCUT2D eigenvalue weighted by Crippen LogP contribution is 2.34. The summed E-state index contributed by atoms with van der Waals surface area (Å²) in [7, 11) is 0. The Morgan fingerprint density at radius 2 is 1.40 bits per heavy atom. The Morgan fingerprint density at radius 1 is 0.880 bits per heavy atom. The first kappa shape index (κ1) is 21.7. The van der Waals surface area contributed by atoms with Gasteiger partial charge >= 0.3 is 11.9 Å². The smallest absolute Gasteiger partial charge is 0.334 e. The normalized spacial score (nSPS) is 16.8. The molecule has 0 aromatic heterocycles. The van der Waals surface area contributed by atoms with E-state index in [0.717, 1.165) is 32.1 Å². The Morgan fingerprint density at radius 3 is 1.88 bits per heavy atom. The quantitative estimate of drug-likeness (QED) is 0.430. The lowest BCUT2D eigenvalue weighted by Gasteiger charge is -2.26. The van der Waals surface area contributed by atoms with Gasteiger partial charge in [0.25, 0.3) is 0 Å². The fraction of sp³-hybridized carbons (Fsp3) is 0.810. The maximum Gasteiger partial charge on any atom is 0.334 e. The van der Waals surface area contributed by atoms with Crippen molar-refractivity contribution in [2.75, 3.05) is 13.2 Å². The van der Waals surface area contributed by atoms with Crippen LogP contribution in [0.3, 0.4) is 0 Å². The van der Waals surface area contributed by atoms with E-state index in [-0.39, 0.29) is 29.7 Å². The van der Waals surface area contributed by atoms with Crippen LogP contribution in [0.2, 0.25) is 0 Å². The minimum Gasteiger partial charge on any atom is -0.462 e. The van der Waals surface area contributed by atoms with Crippen molar-refractivity contribution in [2.45, 2.75) is 79.6 Å². The average molecular weight is 353 g/mol. The molecule has 4 nitrogen and oxygen atoms in total. The van der Waals surface area contributed by atoms with Gasteiger partial charge in [-0.3, -0.25) is 0 Å². The van der Waals surface area contributed by atoms with Crippen molar-refractivity contribution in [2.24, 2.45) is 17.8 Å². The number of hydrogen-bond donors (Lipinski definition) is 0. The predicted molar refractivity (Wildman–Crippen MR) is 100 cm³/mol. The molecule has 1 aliphatic rings.